The standard InChI is InChI=1S/C20H29NO2/c1-4-22-20-19(23-20)18(17-12-10-14(2)11-13-17)21-15(3)16-8-6-5-7-9-16/h5-10,12,14-15,17-21H,4,11,13H2,1-3H3/t14?,15-,17+,18+,19?,20+/m1/s1. The normalized spacial score (nSPS) is 32.5. The van der Waals surface area contributed by atoms with E-state index in [0.29, 0.717) is 30.5 Å². The lowest BCUT2D eigenvalue weighted by atomic mass is 9.83. The summed E-state index contributed by atoms with van der Waals surface area (Å²) >= 11 is 0. The maximum Gasteiger partial charge on any atom is 0.186 e. The average Bonchev–Trinajstić information content (AvgIpc) is 3.33. The molecule has 126 valence electrons. The van der Waals surface area contributed by atoms with Crippen molar-refractivity contribution in [3.05, 3.63) is 48.0 Å². The molecule has 1 fully saturated rings. The second-order valence-corrected chi connectivity index (χ2v) is 6.85. The molecule has 3 nitrogen and oxygen atoms in total. The summed E-state index contributed by atoms with van der Waals surface area (Å²) in [7, 11) is 0. The fourth-order valence-electron chi connectivity index (χ4n) is 3.53. The SMILES string of the molecule is CCO[C@H]1OC1[C@@H](N[C@H](C)c1ccccc1)[C@H]1C=CC(C)CC1. The highest BCUT2D eigenvalue weighted by Gasteiger charge is 2.48. The Bertz CT molecular complexity index is 516. The van der Waals surface area contributed by atoms with Crippen LogP contribution in [0.4, 0.5) is 0 Å². The summed E-state index contributed by atoms with van der Waals surface area (Å²) in [5.41, 5.74) is 1.32. The Balaban J connectivity index is 1.69. The smallest absolute Gasteiger partial charge is 0.186 e. The van der Waals surface area contributed by atoms with Crippen LogP contribution in [-0.2, 0) is 9.47 Å². The zero-order chi connectivity index (χ0) is 16.2. The summed E-state index contributed by atoms with van der Waals surface area (Å²) in [4.78, 5) is 0. The van der Waals surface area contributed by atoms with Gasteiger partial charge in [-0.2, -0.15) is 0 Å². The van der Waals surface area contributed by atoms with Crippen LogP contribution in [0.1, 0.15) is 45.2 Å². The van der Waals surface area contributed by atoms with Crippen LogP contribution < -0.4 is 5.32 Å². The van der Waals surface area contributed by atoms with Gasteiger partial charge in [0.2, 0.25) is 0 Å². The van der Waals surface area contributed by atoms with E-state index in [4.69, 9.17) is 9.47 Å². The van der Waals surface area contributed by atoms with Gasteiger partial charge in [0, 0.05) is 18.7 Å². The molecule has 6 atom stereocenters. The first-order valence-electron chi connectivity index (χ1n) is 8.95. The Labute approximate surface area is 140 Å². The molecule has 0 bridgehead atoms. The number of hydrogen-bond donors (Lipinski definition) is 1. The van der Waals surface area contributed by atoms with Crippen molar-refractivity contribution in [2.45, 2.75) is 58.1 Å². The third kappa shape index (κ3) is 4.23. The lowest BCUT2D eigenvalue weighted by Crippen LogP contribution is -2.43. The molecule has 1 aromatic rings. The van der Waals surface area contributed by atoms with Crippen LogP contribution in [0.15, 0.2) is 42.5 Å². The Morgan fingerprint density at radius 3 is 2.65 bits per heavy atom. The highest BCUT2D eigenvalue weighted by molar-refractivity contribution is 5.19. The zero-order valence-corrected chi connectivity index (χ0v) is 14.4. The van der Waals surface area contributed by atoms with Gasteiger partial charge in [-0.25, -0.2) is 0 Å². The van der Waals surface area contributed by atoms with Gasteiger partial charge in [-0.15, -0.1) is 0 Å². The molecule has 2 aliphatic rings. The second-order valence-electron chi connectivity index (χ2n) is 6.85. The number of allylic oxidation sites excluding steroid dienone is 1. The Hall–Kier alpha value is -1.16. The van der Waals surface area contributed by atoms with Crippen molar-refractivity contribution in [1.82, 2.24) is 5.32 Å². The maximum atomic E-state index is 5.82. The third-order valence-electron chi connectivity index (χ3n) is 5.01. The van der Waals surface area contributed by atoms with Gasteiger partial charge in [0.1, 0.15) is 6.10 Å². The van der Waals surface area contributed by atoms with Crippen LogP contribution in [-0.4, -0.2) is 25.0 Å². The molecule has 1 heterocycles. The largest absolute Gasteiger partial charge is 0.350 e. The van der Waals surface area contributed by atoms with Crippen LogP contribution in [0, 0.1) is 11.8 Å². The second kappa shape index (κ2) is 7.61. The van der Waals surface area contributed by atoms with Crippen molar-refractivity contribution < 1.29 is 9.47 Å². The first-order chi connectivity index (χ1) is 11.2. The molecular formula is C20H29NO2. The van der Waals surface area contributed by atoms with Crippen molar-refractivity contribution in [3.63, 3.8) is 0 Å². The first-order valence-corrected chi connectivity index (χ1v) is 8.95. The quantitative estimate of drug-likeness (QED) is 0.608. The lowest BCUT2D eigenvalue weighted by molar-refractivity contribution is 0.0592. The van der Waals surface area contributed by atoms with E-state index in [-0.39, 0.29) is 12.4 Å². The van der Waals surface area contributed by atoms with E-state index < -0.39 is 0 Å². The van der Waals surface area contributed by atoms with Gasteiger partial charge in [0.05, 0.1) is 0 Å². The van der Waals surface area contributed by atoms with E-state index in [9.17, 15) is 0 Å². The van der Waals surface area contributed by atoms with Crippen LogP contribution in [0.25, 0.3) is 0 Å². The zero-order valence-electron chi connectivity index (χ0n) is 14.4. The number of rotatable bonds is 7. The summed E-state index contributed by atoms with van der Waals surface area (Å²) in [5, 5.41) is 3.81. The van der Waals surface area contributed by atoms with E-state index in [0.717, 1.165) is 0 Å². The molecule has 0 saturated carbocycles. The highest BCUT2D eigenvalue weighted by atomic mass is 16.8. The fraction of sp³-hybridized carbons (Fsp3) is 0.600. The van der Waals surface area contributed by atoms with Crippen LogP contribution in [0.5, 0.6) is 0 Å². The van der Waals surface area contributed by atoms with E-state index in [2.05, 4.69) is 61.6 Å². The van der Waals surface area contributed by atoms with Gasteiger partial charge < -0.3 is 14.8 Å². The van der Waals surface area contributed by atoms with Gasteiger partial charge >= 0.3 is 0 Å². The van der Waals surface area contributed by atoms with E-state index in [1.54, 1.807) is 0 Å². The minimum atomic E-state index is -0.0341. The van der Waals surface area contributed by atoms with Crippen LogP contribution in [0.3, 0.4) is 0 Å². The van der Waals surface area contributed by atoms with Crippen LogP contribution in [0.2, 0.25) is 0 Å². The number of epoxide rings is 1. The summed E-state index contributed by atoms with van der Waals surface area (Å²) in [6.45, 7) is 7.25. The van der Waals surface area contributed by atoms with Gasteiger partial charge in [-0.05, 0) is 44.1 Å². The molecule has 3 heteroatoms. The third-order valence-corrected chi connectivity index (χ3v) is 5.01. The lowest BCUT2D eigenvalue weighted by Gasteiger charge is -2.31. The molecule has 1 N–H and O–H groups in total. The molecule has 3 rings (SSSR count). The molecule has 0 aromatic heterocycles. The molecule has 1 aliphatic heterocycles. The van der Waals surface area contributed by atoms with E-state index >= 15 is 0 Å². The van der Waals surface area contributed by atoms with Gasteiger partial charge in [-0.1, -0.05) is 49.4 Å². The monoisotopic (exact) mass is 315 g/mol. The molecule has 0 radical (unpaired) electrons. The molecule has 2 unspecified atom stereocenters. The molecule has 1 aliphatic carbocycles. The van der Waals surface area contributed by atoms with Gasteiger partial charge in [0.25, 0.3) is 0 Å². The molecule has 1 aromatic carbocycles. The number of hydrogen-bond acceptors (Lipinski definition) is 3. The highest BCUT2D eigenvalue weighted by Crippen LogP contribution is 2.36. The summed E-state index contributed by atoms with van der Waals surface area (Å²) in [5.74, 6) is 1.22. The number of nitrogens with one attached hydrogen (secondary N) is 1. The molecule has 0 spiro atoms. The number of ether oxygens (including phenoxy) is 2. The Kier molecular flexibility index (Phi) is 5.52. The van der Waals surface area contributed by atoms with Crippen LogP contribution >= 0.6 is 0 Å². The molecule has 23 heavy (non-hydrogen) atoms. The predicted octanol–water partition coefficient (Wildman–Crippen LogP) is 4.07. The van der Waals surface area contributed by atoms with E-state index in [1.165, 1.54) is 18.4 Å². The van der Waals surface area contributed by atoms with Crippen molar-refractivity contribution in [1.29, 1.82) is 0 Å². The number of benzene rings is 1. The van der Waals surface area contributed by atoms with Gasteiger partial charge in [-0.3, -0.25) is 0 Å². The summed E-state index contributed by atoms with van der Waals surface area (Å²) in [6, 6.07) is 11.2. The Morgan fingerprint density at radius 2 is 2.00 bits per heavy atom. The van der Waals surface area contributed by atoms with Crippen molar-refractivity contribution in [3.8, 4) is 0 Å². The molecule has 0 amide bonds. The minimum absolute atomic E-state index is 0.0341. The van der Waals surface area contributed by atoms with Crippen molar-refractivity contribution in [2.24, 2.45) is 11.8 Å². The topological polar surface area (TPSA) is 33.8 Å². The van der Waals surface area contributed by atoms with Crippen molar-refractivity contribution in [2.75, 3.05) is 6.61 Å². The minimum Gasteiger partial charge on any atom is -0.350 e. The molecular weight excluding hydrogens is 286 g/mol. The average molecular weight is 315 g/mol. The van der Waals surface area contributed by atoms with Crippen molar-refractivity contribution >= 4 is 0 Å². The van der Waals surface area contributed by atoms with E-state index in [1.807, 2.05) is 6.92 Å². The van der Waals surface area contributed by atoms with Gasteiger partial charge in [0.15, 0.2) is 6.29 Å². The Morgan fingerprint density at radius 1 is 1.22 bits per heavy atom. The first kappa shape index (κ1) is 16.7. The maximum absolute atomic E-state index is 5.82. The fourth-order valence-corrected chi connectivity index (χ4v) is 3.53. The molecule has 1 saturated heterocycles. The summed E-state index contributed by atoms with van der Waals surface area (Å²) in [6.07, 6.45) is 7.35. The summed E-state index contributed by atoms with van der Waals surface area (Å²) < 4.78 is 11.5. The predicted molar refractivity (Wildman–Crippen MR) is 93.1 cm³/mol.